The first kappa shape index (κ1) is 58.1. The molecule has 0 radical (unpaired) electrons. The molecular formula is C49H80Cl2N6O13. The smallest absolute Gasteiger partial charge is 0.407 e. The molecule has 1 amide bonds. The van der Waals surface area contributed by atoms with Crippen molar-refractivity contribution < 1.29 is 63.2 Å². The van der Waals surface area contributed by atoms with Crippen LogP contribution in [0.1, 0.15) is 106 Å². The molecule has 0 aliphatic carbocycles. The molecule has 398 valence electrons. The maximum Gasteiger partial charge on any atom is 0.407 e. The number of rotatable bonds is 12. The number of aliphatic hydroxyl groups is 4. The lowest BCUT2D eigenvalue weighted by molar-refractivity contribution is -0.317. The molecule has 1 aromatic carbocycles. The zero-order valence-electron chi connectivity index (χ0n) is 43.4. The van der Waals surface area contributed by atoms with Crippen molar-refractivity contribution in [1.29, 1.82) is 0 Å². The van der Waals surface area contributed by atoms with E-state index in [1.807, 2.05) is 44.8 Å². The highest BCUT2D eigenvalue weighted by Crippen LogP contribution is 2.41. The van der Waals surface area contributed by atoms with Crippen LogP contribution in [-0.2, 0) is 51.0 Å². The van der Waals surface area contributed by atoms with Gasteiger partial charge in [-0.1, -0.05) is 55.3 Å². The zero-order chi connectivity index (χ0) is 52.2. The first-order valence-electron chi connectivity index (χ1n) is 24.4. The third-order valence-corrected chi connectivity index (χ3v) is 15.5. The van der Waals surface area contributed by atoms with Crippen LogP contribution in [-0.4, -0.2) is 182 Å². The number of likely N-dealkylation sites (N-methyl/N-ethyl adjacent to an activating group) is 2. The molecule has 5 rings (SSSR count). The number of aromatic nitrogens is 3. The van der Waals surface area contributed by atoms with E-state index >= 15 is 0 Å². The highest BCUT2D eigenvalue weighted by atomic mass is 35.5. The Morgan fingerprint density at radius 3 is 2.27 bits per heavy atom. The Bertz CT molecular complexity index is 2010. The quantitative estimate of drug-likeness (QED) is 0.180. The summed E-state index contributed by atoms with van der Waals surface area (Å²) in [5.74, 6) is -2.87. The van der Waals surface area contributed by atoms with Crippen LogP contribution in [0.3, 0.4) is 0 Å². The molecule has 0 spiro atoms. The van der Waals surface area contributed by atoms with Crippen LogP contribution in [0.15, 0.2) is 24.4 Å². The van der Waals surface area contributed by atoms with Gasteiger partial charge in [0.1, 0.15) is 35.2 Å². The predicted molar refractivity (Wildman–Crippen MR) is 261 cm³/mol. The number of halogens is 2. The fraction of sp³-hybridized carbons (Fsp3) is 0.796. The number of esters is 1. The van der Waals surface area contributed by atoms with Crippen LogP contribution >= 0.6 is 23.2 Å². The van der Waals surface area contributed by atoms with Crippen LogP contribution in [0, 0.1) is 17.8 Å². The maximum atomic E-state index is 14.5. The number of hydrogen-bond acceptors (Lipinski definition) is 17. The van der Waals surface area contributed by atoms with Crippen molar-refractivity contribution in [2.75, 3.05) is 34.8 Å². The monoisotopic (exact) mass is 1030 g/mol. The highest BCUT2D eigenvalue weighted by molar-refractivity contribution is 6.36. The number of alkyl carbamates (subject to hydrolysis) is 1. The van der Waals surface area contributed by atoms with Crippen LogP contribution in [0.25, 0.3) is 0 Å². The Kier molecular flexibility index (Phi) is 20.0. The van der Waals surface area contributed by atoms with E-state index in [1.54, 1.807) is 77.5 Å². The predicted octanol–water partition coefficient (Wildman–Crippen LogP) is 4.78. The van der Waals surface area contributed by atoms with E-state index in [0.717, 1.165) is 0 Å². The second-order valence-corrected chi connectivity index (χ2v) is 21.8. The minimum atomic E-state index is -1.86. The van der Waals surface area contributed by atoms with Crippen LogP contribution in [0.4, 0.5) is 4.79 Å². The minimum absolute atomic E-state index is 0.00747. The van der Waals surface area contributed by atoms with Gasteiger partial charge in [-0.05, 0) is 107 Å². The highest BCUT2D eigenvalue weighted by Gasteiger charge is 2.54. The maximum absolute atomic E-state index is 14.5. The van der Waals surface area contributed by atoms with Crippen molar-refractivity contribution in [3.63, 3.8) is 0 Å². The Morgan fingerprint density at radius 1 is 1.00 bits per heavy atom. The largest absolute Gasteiger partial charge is 0.459 e. The molecule has 18 atom stereocenters. The van der Waals surface area contributed by atoms with Crippen molar-refractivity contribution in [3.05, 3.63) is 45.7 Å². The normalized spacial score (nSPS) is 39.7. The molecule has 0 bridgehead atoms. The van der Waals surface area contributed by atoms with Crippen LogP contribution in [0.2, 0.25) is 10.0 Å². The summed E-state index contributed by atoms with van der Waals surface area (Å²) in [5.41, 5.74) is -3.55. The average molecular weight is 1030 g/mol. The standard InChI is InChI=1S/C49H80Cl2N6O13/c1-15-37-49(10,63)41(59)30(6)56(13)23-26(2)20-47(8,62)42(69-45-39(58)36(55(11)12)19-27(3)65-45)28(4)40(29(5)44(60)67-37)68-38-21-48(9,64-14)43(31(7)66-38)70-46(61)52-22-32-24-57(54-53-32)25-33-34(50)17-16-18-35(33)51/h16-18,24,26-31,36-43,45,58-59,62-63H,15,19-23,25H2,1-14H3,(H,52,61)/t26-,27-,28+,29-,30-,31+,36+,37+,38+,39-,40-,41+,42-,43+,45+,47-,48-,49-/m1/s1. The van der Waals surface area contributed by atoms with E-state index in [9.17, 15) is 30.0 Å². The van der Waals surface area contributed by atoms with Gasteiger partial charge >= 0.3 is 12.1 Å². The molecule has 4 heterocycles. The number of carbonyl (C=O) groups excluding carboxylic acids is 2. The summed E-state index contributed by atoms with van der Waals surface area (Å²) in [7, 11) is 7.06. The molecule has 1 aromatic heterocycles. The Morgan fingerprint density at radius 2 is 1.66 bits per heavy atom. The van der Waals surface area contributed by atoms with Crippen LogP contribution in [0.5, 0.6) is 0 Å². The molecule has 2 aromatic rings. The Balaban J connectivity index is 1.43. The lowest BCUT2D eigenvalue weighted by atomic mass is 9.77. The third-order valence-electron chi connectivity index (χ3n) is 14.8. The lowest BCUT2D eigenvalue weighted by Gasteiger charge is -2.49. The molecule has 70 heavy (non-hydrogen) atoms. The van der Waals surface area contributed by atoms with Crippen molar-refractivity contribution in [2.24, 2.45) is 17.8 Å². The number of carbonyl (C=O) groups is 2. The number of ether oxygens (including phenoxy) is 7. The Hall–Kier alpha value is -2.76. The number of nitrogens with zero attached hydrogens (tertiary/aromatic N) is 5. The van der Waals surface area contributed by atoms with E-state index in [-0.39, 0.29) is 50.4 Å². The van der Waals surface area contributed by atoms with E-state index in [1.165, 1.54) is 14.0 Å². The fourth-order valence-corrected chi connectivity index (χ4v) is 11.1. The summed E-state index contributed by atoms with van der Waals surface area (Å²) in [6.07, 6.45) is -8.29. The first-order chi connectivity index (χ1) is 32.6. The second-order valence-electron chi connectivity index (χ2n) is 21.0. The number of amides is 1. The number of aliphatic hydroxyl groups excluding tert-OH is 2. The summed E-state index contributed by atoms with van der Waals surface area (Å²) in [5, 5.41) is 60.0. The molecule has 3 aliphatic rings. The number of nitrogens with one attached hydrogen (secondary N) is 1. The number of benzene rings is 1. The van der Waals surface area contributed by atoms with E-state index in [2.05, 4.69) is 15.6 Å². The molecule has 3 fully saturated rings. The lowest BCUT2D eigenvalue weighted by Crippen LogP contribution is -2.61. The summed E-state index contributed by atoms with van der Waals surface area (Å²) >= 11 is 12.7. The molecule has 3 aliphatic heterocycles. The van der Waals surface area contributed by atoms with E-state index < -0.39 is 102 Å². The van der Waals surface area contributed by atoms with Crippen molar-refractivity contribution in [2.45, 2.75) is 198 Å². The minimum Gasteiger partial charge on any atom is -0.459 e. The first-order valence-corrected chi connectivity index (χ1v) is 25.2. The number of methoxy groups -OCH3 is 1. The van der Waals surface area contributed by atoms with Gasteiger partial charge in [-0.2, -0.15) is 0 Å². The average Bonchev–Trinajstić information content (AvgIpc) is 3.74. The SMILES string of the molecule is CC[C@@H]1OC(=O)[C@H](C)[C@H](O[C@H]2C[C@@](C)(OC)[C@@H](OC(=O)NCc3cn(Cc4c(Cl)cccc4Cl)nn3)[C@H](C)O2)[C@H](C)[C@@H](O[C@@H]2O[C@H](C)C[C@H](N(C)C)[C@H]2O)[C@](C)(O)C[C@@H](C)CN(C)[C@H](C)[C@H](O)[C@]1(C)O. The van der Waals surface area contributed by atoms with Gasteiger partial charge in [0.25, 0.3) is 0 Å². The molecule has 5 N–H and O–H groups in total. The number of cyclic esters (lactones) is 1. The topological polar surface area (TPSA) is 229 Å². The second kappa shape index (κ2) is 24.1. The van der Waals surface area contributed by atoms with Gasteiger partial charge in [0.05, 0.1) is 55.2 Å². The summed E-state index contributed by atoms with van der Waals surface area (Å²) < 4.78 is 46.2. The summed E-state index contributed by atoms with van der Waals surface area (Å²) in [6, 6.07) is 4.32. The van der Waals surface area contributed by atoms with Crippen molar-refractivity contribution in [3.8, 4) is 0 Å². The fourth-order valence-electron chi connectivity index (χ4n) is 10.6. The molecular weight excluding hydrogens is 951 g/mol. The molecule has 0 saturated carbocycles. The van der Waals surface area contributed by atoms with Crippen molar-refractivity contribution >= 4 is 35.3 Å². The van der Waals surface area contributed by atoms with E-state index in [4.69, 9.17) is 56.4 Å². The van der Waals surface area contributed by atoms with Crippen molar-refractivity contribution in [1.82, 2.24) is 30.1 Å². The van der Waals surface area contributed by atoms with Gasteiger partial charge in [0.15, 0.2) is 18.7 Å². The Labute approximate surface area is 423 Å². The zero-order valence-corrected chi connectivity index (χ0v) is 44.9. The molecule has 3 saturated heterocycles. The summed E-state index contributed by atoms with van der Waals surface area (Å²) in [6.45, 7) is 18.1. The number of hydrogen-bond donors (Lipinski definition) is 5. The molecule has 0 unspecified atom stereocenters. The van der Waals surface area contributed by atoms with Crippen LogP contribution < -0.4 is 5.32 Å². The summed E-state index contributed by atoms with van der Waals surface area (Å²) in [4.78, 5) is 31.8. The van der Waals surface area contributed by atoms with Gasteiger partial charge < -0.3 is 68.7 Å². The molecule has 21 heteroatoms. The van der Waals surface area contributed by atoms with Gasteiger partial charge in [0.2, 0.25) is 0 Å². The third kappa shape index (κ3) is 13.7. The molecule has 19 nitrogen and oxygen atoms in total. The van der Waals surface area contributed by atoms with E-state index in [0.29, 0.717) is 34.3 Å². The van der Waals surface area contributed by atoms with Gasteiger partial charge in [-0.25, -0.2) is 9.48 Å². The van der Waals surface area contributed by atoms with Gasteiger partial charge in [0, 0.05) is 53.7 Å². The van der Waals surface area contributed by atoms with Gasteiger partial charge in [-0.15, -0.1) is 5.10 Å². The van der Waals surface area contributed by atoms with Gasteiger partial charge in [-0.3, -0.25) is 4.79 Å².